The Hall–Kier alpha value is -3.73. The van der Waals surface area contributed by atoms with E-state index in [0.717, 1.165) is 21.9 Å². The van der Waals surface area contributed by atoms with E-state index in [2.05, 4.69) is 21.8 Å². The number of hydrazone groups is 1. The molecule has 0 fully saturated rings. The third-order valence-electron chi connectivity index (χ3n) is 4.29. The number of nitrogens with one attached hydrogen (secondary N) is 1. The number of aromatic nitrogens is 1. The van der Waals surface area contributed by atoms with Crippen LogP contribution in [0.4, 0.5) is 0 Å². The molecule has 5 heteroatoms. The zero-order valence-electron chi connectivity index (χ0n) is 14.7. The van der Waals surface area contributed by atoms with Gasteiger partial charge in [0, 0.05) is 5.56 Å². The SMILES string of the molecule is Cc1onc(-c2ccccc2)c1C(=O)N/N=C\c1ccc2ccccc2c1. The number of hydrogen-bond donors (Lipinski definition) is 1. The van der Waals surface area contributed by atoms with Gasteiger partial charge in [0.2, 0.25) is 0 Å². The van der Waals surface area contributed by atoms with Crippen LogP contribution in [0, 0.1) is 6.92 Å². The number of amides is 1. The lowest BCUT2D eigenvalue weighted by Crippen LogP contribution is -2.18. The van der Waals surface area contributed by atoms with E-state index in [-0.39, 0.29) is 5.91 Å². The van der Waals surface area contributed by atoms with Gasteiger partial charge >= 0.3 is 0 Å². The maximum atomic E-state index is 12.6. The fourth-order valence-corrected chi connectivity index (χ4v) is 2.94. The molecule has 0 aliphatic heterocycles. The highest BCUT2D eigenvalue weighted by molar-refractivity contribution is 6.01. The van der Waals surface area contributed by atoms with E-state index in [4.69, 9.17) is 4.52 Å². The zero-order chi connectivity index (χ0) is 18.6. The summed E-state index contributed by atoms with van der Waals surface area (Å²) < 4.78 is 5.22. The molecule has 0 aliphatic rings. The normalized spacial score (nSPS) is 11.1. The lowest BCUT2D eigenvalue weighted by atomic mass is 10.1. The van der Waals surface area contributed by atoms with Gasteiger partial charge in [0.15, 0.2) is 0 Å². The summed E-state index contributed by atoms with van der Waals surface area (Å²) in [6.07, 6.45) is 1.62. The second kappa shape index (κ2) is 7.25. The zero-order valence-corrected chi connectivity index (χ0v) is 14.7. The van der Waals surface area contributed by atoms with Gasteiger partial charge in [-0.05, 0) is 29.3 Å². The fourth-order valence-electron chi connectivity index (χ4n) is 2.94. The molecule has 0 saturated carbocycles. The van der Waals surface area contributed by atoms with Crippen LogP contribution in [0.1, 0.15) is 21.7 Å². The first kappa shape index (κ1) is 16.7. The summed E-state index contributed by atoms with van der Waals surface area (Å²) in [7, 11) is 0. The average Bonchev–Trinajstić information content (AvgIpc) is 3.10. The summed E-state index contributed by atoms with van der Waals surface area (Å²) >= 11 is 0. The predicted molar refractivity (Wildman–Crippen MR) is 106 cm³/mol. The first-order valence-electron chi connectivity index (χ1n) is 8.56. The van der Waals surface area contributed by atoms with Crippen molar-refractivity contribution >= 4 is 22.9 Å². The first-order chi connectivity index (χ1) is 13.2. The van der Waals surface area contributed by atoms with Crippen molar-refractivity contribution in [3.63, 3.8) is 0 Å². The number of fused-ring (bicyclic) bond motifs is 1. The number of aryl methyl sites for hydroxylation is 1. The van der Waals surface area contributed by atoms with Gasteiger partial charge in [-0.2, -0.15) is 5.10 Å². The maximum absolute atomic E-state index is 12.6. The van der Waals surface area contributed by atoms with E-state index in [9.17, 15) is 4.79 Å². The molecule has 0 aliphatic carbocycles. The molecular weight excluding hydrogens is 338 g/mol. The van der Waals surface area contributed by atoms with Gasteiger partial charge in [0.05, 0.1) is 6.21 Å². The Morgan fingerprint density at radius 3 is 2.56 bits per heavy atom. The van der Waals surface area contributed by atoms with Crippen LogP contribution < -0.4 is 5.43 Å². The third-order valence-corrected chi connectivity index (χ3v) is 4.29. The molecule has 0 bridgehead atoms. The average molecular weight is 355 g/mol. The van der Waals surface area contributed by atoms with Crippen molar-refractivity contribution in [3.05, 3.63) is 89.7 Å². The van der Waals surface area contributed by atoms with Crippen molar-refractivity contribution in [2.24, 2.45) is 5.10 Å². The Labute approximate surface area is 156 Å². The molecule has 0 unspecified atom stereocenters. The molecule has 1 N–H and O–H groups in total. The molecule has 0 spiro atoms. The lowest BCUT2D eigenvalue weighted by molar-refractivity contribution is 0.0954. The van der Waals surface area contributed by atoms with Gasteiger partial charge in [-0.3, -0.25) is 4.79 Å². The second-order valence-electron chi connectivity index (χ2n) is 6.13. The fraction of sp³-hybridized carbons (Fsp3) is 0.0455. The number of nitrogens with zero attached hydrogens (tertiary/aromatic N) is 2. The molecule has 1 aromatic heterocycles. The molecular formula is C22H17N3O2. The summed E-state index contributed by atoms with van der Waals surface area (Å²) in [5, 5.41) is 10.4. The van der Waals surface area contributed by atoms with E-state index < -0.39 is 0 Å². The number of carbonyl (C=O) groups excluding carboxylic acids is 1. The second-order valence-corrected chi connectivity index (χ2v) is 6.13. The Morgan fingerprint density at radius 2 is 1.74 bits per heavy atom. The molecule has 0 radical (unpaired) electrons. The third kappa shape index (κ3) is 3.48. The van der Waals surface area contributed by atoms with Crippen LogP contribution in [-0.4, -0.2) is 17.3 Å². The first-order valence-corrected chi connectivity index (χ1v) is 8.56. The van der Waals surface area contributed by atoms with Crippen molar-refractivity contribution in [1.29, 1.82) is 0 Å². The van der Waals surface area contributed by atoms with Crippen molar-refractivity contribution in [3.8, 4) is 11.3 Å². The lowest BCUT2D eigenvalue weighted by Gasteiger charge is -2.02. The molecule has 1 heterocycles. The standard InChI is InChI=1S/C22H17N3O2/c1-15-20(21(25-27-15)18-8-3-2-4-9-18)22(26)24-23-14-16-11-12-17-7-5-6-10-19(17)13-16/h2-14H,1H3,(H,24,26)/b23-14-. The number of carbonyl (C=O) groups is 1. The van der Waals surface area contributed by atoms with Crippen LogP contribution in [-0.2, 0) is 0 Å². The van der Waals surface area contributed by atoms with Crippen molar-refractivity contribution in [2.75, 3.05) is 0 Å². The summed E-state index contributed by atoms with van der Waals surface area (Å²) in [5.41, 5.74) is 5.17. The van der Waals surface area contributed by atoms with E-state index in [1.807, 2.05) is 66.7 Å². The van der Waals surface area contributed by atoms with Gasteiger partial charge < -0.3 is 4.52 Å². The number of hydrogen-bond acceptors (Lipinski definition) is 4. The molecule has 5 nitrogen and oxygen atoms in total. The monoisotopic (exact) mass is 355 g/mol. The highest BCUT2D eigenvalue weighted by Crippen LogP contribution is 2.24. The van der Waals surface area contributed by atoms with E-state index >= 15 is 0 Å². The maximum Gasteiger partial charge on any atom is 0.277 e. The van der Waals surface area contributed by atoms with Crippen molar-refractivity contribution in [1.82, 2.24) is 10.6 Å². The summed E-state index contributed by atoms with van der Waals surface area (Å²) in [5.74, 6) is 0.0944. The molecule has 3 aromatic carbocycles. The molecule has 4 rings (SSSR count). The Balaban J connectivity index is 1.54. The van der Waals surface area contributed by atoms with Gasteiger partial charge in [-0.15, -0.1) is 0 Å². The van der Waals surface area contributed by atoms with Gasteiger partial charge in [-0.25, -0.2) is 5.43 Å². The van der Waals surface area contributed by atoms with Crippen LogP contribution in [0.15, 0.2) is 82.4 Å². The van der Waals surface area contributed by atoms with E-state index in [1.165, 1.54) is 0 Å². The minimum absolute atomic E-state index is 0.357. The van der Waals surface area contributed by atoms with Crippen molar-refractivity contribution in [2.45, 2.75) is 6.92 Å². The predicted octanol–water partition coefficient (Wildman–Crippen LogP) is 4.57. The van der Waals surface area contributed by atoms with Crippen LogP contribution in [0.3, 0.4) is 0 Å². The topological polar surface area (TPSA) is 67.5 Å². The summed E-state index contributed by atoms with van der Waals surface area (Å²) in [6, 6.07) is 23.5. The van der Waals surface area contributed by atoms with E-state index in [0.29, 0.717) is 17.0 Å². The molecule has 0 saturated heterocycles. The van der Waals surface area contributed by atoms with Gasteiger partial charge in [-0.1, -0.05) is 71.9 Å². The van der Waals surface area contributed by atoms with E-state index in [1.54, 1.807) is 13.1 Å². The van der Waals surface area contributed by atoms with Crippen LogP contribution in [0.2, 0.25) is 0 Å². The Morgan fingerprint density at radius 1 is 1.00 bits per heavy atom. The van der Waals surface area contributed by atoms with Crippen LogP contribution >= 0.6 is 0 Å². The minimum Gasteiger partial charge on any atom is -0.360 e. The van der Waals surface area contributed by atoms with Crippen LogP contribution in [0.5, 0.6) is 0 Å². The molecule has 4 aromatic rings. The summed E-state index contributed by atoms with van der Waals surface area (Å²) in [4.78, 5) is 12.6. The Bertz CT molecular complexity index is 1130. The Kier molecular flexibility index (Phi) is 4.49. The highest BCUT2D eigenvalue weighted by atomic mass is 16.5. The van der Waals surface area contributed by atoms with Gasteiger partial charge in [0.1, 0.15) is 17.0 Å². The number of rotatable bonds is 4. The minimum atomic E-state index is -0.357. The highest BCUT2D eigenvalue weighted by Gasteiger charge is 2.21. The van der Waals surface area contributed by atoms with Gasteiger partial charge in [0.25, 0.3) is 5.91 Å². The van der Waals surface area contributed by atoms with Crippen molar-refractivity contribution < 1.29 is 9.32 Å². The molecule has 1 amide bonds. The smallest absolute Gasteiger partial charge is 0.277 e. The quantitative estimate of drug-likeness (QED) is 0.431. The molecule has 132 valence electrons. The van der Waals surface area contributed by atoms with Crippen LogP contribution in [0.25, 0.3) is 22.0 Å². The largest absolute Gasteiger partial charge is 0.360 e. The molecule has 0 atom stereocenters. The number of benzene rings is 3. The molecule has 27 heavy (non-hydrogen) atoms. The summed E-state index contributed by atoms with van der Waals surface area (Å²) in [6.45, 7) is 1.71.